The predicted octanol–water partition coefficient (Wildman–Crippen LogP) is 4.48. The first-order chi connectivity index (χ1) is 15.3. The Labute approximate surface area is 186 Å². The predicted molar refractivity (Wildman–Crippen MR) is 112 cm³/mol. The minimum absolute atomic E-state index is 0.0497. The van der Waals surface area contributed by atoms with Gasteiger partial charge in [0.2, 0.25) is 5.95 Å². The summed E-state index contributed by atoms with van der Waals surface area (Å²) in [6.45, 7) is -0.513. The molecule has 1 aliphatic carbocycles. The van der Waals surface area contributed by atoms with E-state index in [1.54, 1.807) is 23.2 Å². The lowest BCUT2D eigenvalue weighted by atomic mass is 9.83. The van der Waals surface area contributed by atoms with Crippen LogP contribution in [0.5, 0.6) is 5.75 Å². The second kappa shape index (κ2) is 7.80. The second-order valence-electron chi connectivity index (χ2n) is 7.85. The second-order valence-corrected chi connectivity index (χ2v) is 8.26. The highest BCUT2D eigenvalue weighted by Gasteiger charge is 2.46. The first-order valence-electron chi connectivity index (χ1n) is 10.1. The van der Waals surface area contributed by atoms with Crippen LogP contribution >= 0.6 is 11.6 Å². The molecule has 168 valence electrons. The molecule has 2 aliphatic rings. The minimum Gasteiger partial charge on any atom is -0.486 e. The van der Waals surface area contributed by atoms with Gasteiger partial charge in [-0.1, -0.05) is 18.0 Å². The first-order valence-corrected chi connectivity index (χ1v) is 10.4. The average Bonchev–Trinajstić information content (AvgIpc) is 3.15. The SMILES string of the molecule is CN1c2nc(Nc3cnc(-n4cnc(C5CCC5)c4)c(Cl)c3)ncc2OCC1C(F)(F)F. The van der Waals surface area contributed by atoms with E-state index in [0.29, 0.717) is 22.4 Å². The molecule has 12 heteroatoms. The maximum absolute atomic E-state index is 13.2. The van der Waals surface area contributed by atoms with Gasteiger partial charge in [-0.3, -0.25) is 4.57 Å². The van der Waals surface area contributed by atoms with Gasteiger partial charge in [0.1, 0.15) is 12.9 Å². The Morgan fingerprint density at radius 3 is 2.66 bits per heavy atom. The highest BCUT2D eigenvalue weighted by atomic mass is 35.5. The number of pyridine rings is 1. The molecule has 32 heavy (non-hydrogen) atoms. The smallest absolute Gasteiger partial charge is 0.412 e. The van der Waals surface area contributed by atoms with Crippen LogP contribution in [0, 0.1) is 0 Å². The molecule has 0 bridgehead atoms. The summed E-state index contributed by atoms with van der Waals surface area (Å²) in [5, 5.41) is 3.31. The molecule has 0 aromatic carbocycles. The van der Waals surface area contributed by atoms with E-state index in [0.717, 1.165) is 23.4 Å². The zero-order valence-corrected chi connectivity index (χ0v) is 17.7. The molecule has 0 radical (unpaired) electrons. The number of nitrogens with zero attached hydrogens (tertiary/aromatic N) is 6. The van der Waals surface area contributed by atoms with E-state index in [2.05, 4.69) is 25.3 Å². The Kier molecular flexibility index (Phi) is 5.07. The lowest BCUT2D eigenvalue weighted by molar-refractivity contribution is -0.155. The van der Waals surface area contributed by atoms with Gasteiger partial charge in [-0.15, -0.1) is 0 Å². The Morgan fingerprint density at radius 1 is 1.16 bits per heavy atom. The lowest BCUT2D eigenvalue weighted by Gasteiger charge is -2.35. The summed E-state index contributed by atoms with van der Waals surface area (Å²) in [5.74, 6) is 1.36. The van der Waals surface area contributed by atoms with Crippen LogP contribution in [-0.2, 0) is 0 Å². The van der Waals surface area contributed by atoms with Crippen LogP contribution in [0.4, 0.5) is 30.6 Å². The molecule has 1 saturated carbocycles. The maximum Gasteiger partial charge on any atom is 0.412 e. The number of likely N-dealkylation sites (N-methyl/N-ethyl adjacent to an activating group) is 1. The molecule has 3 aromatic heterocycles. The van der Waals surface area contributed by atoms with Crippen LogP contribution < -0.4 is 15.0 Å². The van der Waals surface area contributed by atoms with E-state index in [1.165, 1.54) is 19.7 Å². The number of aromatic nitrogens is 5. The van der Waals surface area contributed by atoms with Crippen molar-refractivity contribution in [2.24, 2.45) is 0 Å². The topological polar surface area (TPSA) is 81.0 Å². The molecule has 1 N–H and O–H groups in total. The molecular formula is C20H19ClF3N7O. The largest absolute Gasteiger partial charge is 0.486 e. The molecule has 5 rings (SSSR count). The van der Waals surface area contributed by atoms with Crippen LogP contribution in [0.2, 0.25) is 5.02 Å². The van der Waals surface area contributed by atoms with E-state index in [9.17, 15) is 13.2 Å². The van der Waals surface area contributed by atoms with Gasteiger partial charge in [0.05, 0.1) is 28.8 Å². The Hall–Kier alpha value is -3.08. The van der Waals surface area contributed by atoms with Crippen molar-refractivity contribution in [1.29, 1.82) is 0 Å². The third kappa shape index (κ3) is 3.81. The van der Waals surface area contributed by atoms with Gasteiger partial charge in [-0.25, -0.2) is 15.0 Å². The van der Waals surface area contributed by atoms with Crippen molar-refractivity contribution in [3.8, 4) is 11.6 Å². The van der Waals surface area contributed by atoms with Crippen molar-refractivity contribution >= 4 is 29.1 Å². The summed E-state index contributed by atoms with van der Waals surface area (Å²) < 4.78 is 46.6. The van der Waals surface area contributed by atoms with Crippen LogP contribution in [0.3, 0.4) is 0 Å². The van der Waals surface area contributed by atoms with Crippen molar-refractivity contribution in [3.05, 3.63) is 41.7 Å². The molecule has 1 atom stereocenters. The number of nitrogens with one attached hydrogen (secondary N) is 1. The van der Waals surface area contributed by atoms with Crippen molar-refractivity contribution in [2.45, 2.75) is 37.4 Å². The molecule has 0 spiro atoms. The zero-order chi connectivity index (χ0) is 22.5. The number of alkyl halides is 3. The Balaban J connectivity index is 1.35. The van der Waals surface area contributed by atoms with Gasteiger partial charge in [-0.05, 0) is 18.9 Å². The molecule has 1 unspecified atom stereocenters. The number of halogens is 4. The molecule has 3 aromatic rings. The van der Waals surface area contributed by atoms with Gasteiger partial charge < -0.3 is 15.0 Å². The van der Waals surface area contributed by atoms with Crippen molar-refractivity contribution < 1.29 is 17.9 Å². The fraction of sp³-hybridized carbons (Fsp3) is 0.400. The number of imidazole rings is 1. The fourth-order valence-corrected chi connectivity index (χ4v) is 3.97. The zero-order valence-electron chi connectivity index (χ0n) is 17.0. The summed E-state index contributed by atoms with van der Waals surface area (Å²) >= 11 is 6.43. The normalized spacial score (nSPS) is 18.7. The third-order valence-electron chi connectivity index (χ3n) is 5.76. The number of hydrogen-bond donors (Lipinski definition) is 1. The summed E-state index contributed by atoms with van der Waals surface area (Å²) in [6.07, 6.45) is 5.58. The standard InChI is InChI=1S/C20H19ClF3N7O/c1-30-16(20(22,23)24)9-32-15-7-26-19(29-18(15)30)28-12-5-13(21)17(25-6-12)31-8-14(27-10-31)11-3-2-4-11/h5-8,10-11,16H,2-4,9H2,1H3,(H,26,28,29). The number of fused-ring (bicyclic) bond motifs is 1. The Bertz CT molecular complexity index is 1150. The number of rotatable bonds is 4. The number of ether oxygens (including phenoxy) is 1. The van der Waals surface area contributed by atoms with E-state index >= 15 is 0 Å². The highest BCUT2D eigenvalue weighted by Crippen LogP contribution is 2.37. The van der Waals surface area contributed by atoms with Crippen molar-refractivity contribution in [3.63, 3.8) is 0 Å². The fourth-order valence-electron chi connectivity index (χ4n) is 3.71. The Morgan fingerprint density at radius 2 is 1.97 bits per heavy atom. The molecule has 8 nitrogen and oxygen atoms in total. The monoisotopic (exact) mass is 465 g/mol. The minimum atomic E-state index is -4.44. The average molecular weight is 466 g/mol. The quantitative estimate of drug-likeness (QED) is 0.608. The molecule has 1 aliphatic heterocycles. The number of hydrogen-bond acceptors (Lipinski definition) is 7. The molecule has 0 saturated heterocycles. The third-order valence-corrected chi connectivity index (χ3v) is 6.04. The lowest BCUT2D eigenvalue weighted by Crippen LogP contribution is -2.50. The summed E-state index contributed by atoms with van der Waals surface area (Å²) in [6, 6.07) is -0.137. The first kappa shape index (κ1) is 20.8. The molecular weight excluding hydrogens is 447 g/mol. The van der Waals surface area contributed by atoms with Gasteiger partial charge in [0, 0.05) is 19.2 Å². The van der Waals surface area contributed by atoms with Crippen LogP contribution in [0.1, 0.15) is 30.9 Å². The molecule has 0 amide bonds. The van der Waals surface area contributed by atoms with Gasteiger partial charge in [0.25, 0.3) is 0 Å². The number of anilines is 3. The van der Waals surface area contributed by atoms with Crippen molar-refractivity contribution in [2.75, 3.05) is 23.9 Å². The van der Waals surface area contributed by atoms with E-state index in [1.807, 2.05) is 6.20 Å². The summed E-state index contributed by atoms with van der Waals surface area (Å²) in [4.78, 5) is 18.2. The van der Waals surface area contributed by atoms with Gasteiger partial charge in [0.15, 0.2) is 23.4 Å². The molecule has 1 fully saturated rings. The van der Waals surface area contributed by atoms with Crippen LogP contribution in [-0.4, -0.2) is 50.4 Å². The summed E-state index contributed by atoms with van der Waals surface area (Å²) in [5.41, 5.74) is 1.52. The summed E-state index contributed by atoms with van der Waals surface area (Å²) in [7, 11) is 1.33. The van der Waals surface area contributed by atoms with Crippen molar-refractivity contribution in [1.82, 2.24) is 24.5 Å². The maximum atomic E-state index is 13.2. The van der Waals surface area contributed by atoms with Crippen LogP contribution in [0.25, 0.3) is 5.82 Å². The highest BCUT2D eigenvalue weighted by molar-refractivity contribution is 6.32. The molecule has 4 heterocycles. The van der Waals surface area contributed by atoms with E-state index in [-0.39, 0.29) is 17.5 Å². The van der Waals surface area contributed by atoms with Gasteiger partial charge >= 0.3 is 6.18 Å². The van der Waals surface area contributed by atoms with Gasteiger partial charge in [-0.2, -0.15) is 18.2 Å². The van der Waals surface area contributed by atoms with E-state index in [4.69, 9.17) is 16.3 Å². The van der Waals surface area contributed by atoms with Crippen LogP contribution in [0.15, 0.2) is 31.0 Å². The van der Waals surface area contributed by atoms with E-state index < -0.39 is 18.8 Å².